The summed E-state index contributed by atoms with van der Waals surface area (Å²) in [5.41, 5.74) is 6.95. The molecule has 4 heteroatoms. The van der Waals surface area contributed by atoms with Gasteiger partial charge in [0, 0.05) is 16.6 Å². The van der Waals surface area contributed by atoms with Gasteiger partial charge >= 0.3 is 0 Å². The van der Waals surface area contributed by atoms with Gasteiger partial charge in [0.25, 0.3) is 0 Å². The van der Waals surface area contributed by atoms with Crippen LogP contribution in [0, 0.1) is 0 Å². The minimum absolute atomic E-state index is 0.0701. The fourth-order valence-corrected chi connectivity index (χ4v) is 2.10. The lowest BCUT2D eigenvalue weighted by atomic mass is 10.0. The Balaban J connectivity index is 2.32. The molecule has 82 valence electrons. The first-order valence-electron chi connectivity index (χ1n) is 4.85. The van der Waals surface area contributed by atoms with E-state index in [1.165, 1.54) is 0 Å². The van der Waals surface area contributed by atoms with E-state index < -0.39 is 0 Å². The highest BCUT2D eigenvalue weighted by Crippen LogP contribution is 2.40. The first-order valence-corrected chi connectivity index (χ1v) is 5.60. The summed E-state index contributed by atoms with van der Waals surface area (Å²) in [5.74, 6) is 0.614. The molecule has 1 fully saturated rings. The number of rotatable bonds is 3. The fourth-order valence-electron chi connectivity index (χ4n) is 1.61. The summed E-state index contributed by atoms with van der Waals surface area (Å²) in [6, 6.07) is 3.57. The van der Waals surface area contributed by atoms with Crippen LogP contribution in [-0.2, 0) is 6.42 Å². The Morgan fingerprint density at radius 2 is 2.07 bits per heavy atom. The number of hydrogen-bond acceptors (Lipinski definition) is 2. The largest absolute Gasteiger partial charge is 0.495 e. The van der Waals surface area contributed by atoms with Crippen molar-refractivity contribution in [3.05, 3.63) is 27.7 Å². The van der Waals surface area contributed by atoms with Crippen molar-refractivity contribution in [2.45, 2.75) is 24.8 Å². The van der Waals surface area contributed by atoms with Crippen LogP contribution in [0.5, 0.6) is 5.75 Å². The molecule has 0 atom stereocenters. The predicted octanol–water partition coefficient (Wildman–Crippen LogP) is 3.04. The Hall–Kier alpha value is -0.440. The second-order valence-corrected chi connectivity index (χ2v) is 4.93. The second-order valence-electron chi connectivity index (χ2n) is 4.12. The van der Waals surface area contributed by atoms with E-state index in [1.807, 2.05) is 6.07 Å². The lowest BCUT2D eigenvalue weighted by molar-refractivity contribution is 0.414. The van der Waals surface area contributed by atoms with Gasteiger partial charge in [-0.15, -0.1) is 0 Å². The van der Waals surface area contributed by atoms with Crippen LogP contribution in [0.1, 0.15) is 18.4 Å². The molecule has 0 saturated heterocycles. The van der Waals surface area contributed by atoms with Crippen LogP contribution in [0.15, 0.2) is 12.1 Å². The van der Waals surface area contributed by atoms with E-state index >= 15 is 0 Å². The maximum absolute atomic E-state index is 6.18. The van der Waals surface area contributed by atoms with Crippen LogP contribution < -0.4 is 10.5 Å². The number of nitrogens with two attached hydrogens (primary N) is 1. The Labute approximate surface area is 99.3 Å². The van der Waals surface area contributed by atoms with Crippen LogP contribution >= 0.6 is 23.2 Å². The van der Waals surface area contributed by atoms with Crippen LogP contribution in [0.4, 0.5) is 0 Å². The number of ether oxygens (including phenoxy) is 1. The third-order valence-corrected chi connectivity index (χ3v) is 3.38. The summed E-state index contributed by atoms with van der Waals surface area (Å²) in [5, 5.41) is 1.26. The zero-order valence-electron chi connectivity index (χ0n) is 8.52. The van der Waals surface area contributed by atoms with Crippen molar-refractivity contribution in [1.82, 2.24) is 0 Å². The predicted molar refractivity (Wildman–Crippen MR) is 62.9 cm³/mol. The van der Waals surface area contributed by atoms with Gasteiger partial charge in [0.15, 0.2) is 0 Å². The molecule has 1 aliphatic carbocycles. The average molecular weight is 246 g/mol. The van der Waals surface area contributed by atoms with E-state index in [1.54, 1.807) is 13.2 Å². The van der Waals surface area contributed by atoms with Gasteiger partial charge in [-0.25, -0.2) is 0 Å². The van der Waals surface area contributed by atoms with Crippen molar-refractivity contribution in [3.63, 3.8) is 0 Å². The molecule has 15 heavy (non-hydrogen) atoms. The number of methoxy groups -OCH3 is 1. The van der Waals surface area contributed by atoms with Crippen molar-refractivity contribution in [1.29, 1.82) is 0 Å². The SMILES string of the molecule is COc1cc(Cl)cc(CC2(N)CC2)c1Cl. The molecule has 1 aromatic carbocycles. The minimum atomic E-state index is -0.0701. The Morgan fingerprint density at radius 3 is 2.60 bits per heavy atom. The number of benzene rings is 1. The maximum atomic E-state index is 6.18. The standard InChI is InChI=1S/C11H13Cl2NO/c1-15-9-5-8(12)4-7(10(9)13)6-11(14)2-3-11/h4-5H,2-3,6,14H2,1H3. The third kappa shape index (κ3) is 2.39. The van der Waals surface area contributed by atoms with Gasteiger partial charge in [0.05, 0.1) is 12.1 Å². The summed E-state index contributed by atoms with van der Waals surface area (Å²) in [6.45, 7) is 0. The number of halogens is 2. The van der Waals surface area contributed by atoms with Crippen molar-refractivity contribution < 1.29 is 4.74 Å². The molecular formula is C11H13Cl2NO. The molecule has 1 saturated carbocycles. The molecule has 0 radical (unpaired) electrons. The molecule has 1 aliphatic rings. The fraction of sp³-hybridized carbons (Fsp3) is 0.455. The van der Waals surface area contributed by atoms with Gasteiger partial charge in [0.1, 0.15) is 5.75 Å². The third-order valence-electron chi connectivity index (χ3n) is 2.73. The summed E-state index contributed by atoms with van der Waals surface area (Å²) < 4.78 is 5.14. The monoisotopic (exact) mass is 245 g/mol. The van der Waals surface area contributed by atoms with Gasteiger partial charge < -0.3 is 10.5 Å². The van der Waals surface area contributed by atoms with E-state index in [-0.39, 0.29) is 5.54 Å². The molecule has 0 aliphatic heterocycles. The van der Waals surface area contributed by atoms with E-state index in [0.717, 1.165) is 24.8 Å². The van der Waals surface area contributed by atoms with Crippen molar-refractivity contribution in [2.24, 2.45) is 5.73 Å². The van der Waals surface area contributed by atoms with Gasteiger partial charge in [-0.2, -0.15) is 0 Å². The zero-order valence-corrected chi connectivity index (χ0v) is 10.0. The van der Waals surface area contributed by atoms with Crippen molar-refractivity contribution >= 4 is 23.2 Å². The minimum Gasteiger partial charge on any atom is -0.495 e. The molecule has 0 spiro atoms. The zero-order chi connectivity index (χ0) is 11.1. The summed E-state index contributed by atoms with van der Waals surface area (Å²) in [4.78, 5) is 0. The quantitative estimate of drug-likeness (QED) is 0.889. The highest BCUT2D eigenvalue weighted by Gasteiger charge is 2.38. The average Bonchev–Trinajstić information content (AvgIpc) is 2.89. The molecule has 0 unspecified atom stereocenters. The molecule has 0 heterocycles. The highest BCUT2D eigenvalue weighted by molar-refractivity contribution is 6.34. The molecular weight excluding hydrogens is 233 g/mol. The van der Waals surface area contributed by atoms with Gasteiger partial charge in [0.2, 0.25) is 0 Å². The highest BCUT2D eigenvalue weighted by atomic mass is 35.5. The van der Waals surface area contributed by atoms with Crippen LogP contribution in [0.3, 0.4) is 0 Å². The molecule has 2 N–H and O–H groups in total. The smallest absolute Gasteiger partial charge is 0.139 e. The van der Waals surface area contributed by atoms with Gasteiger partial charge in [-0.05, 0) is 30.9 Å². The Kier molecular flexibility index (Phi) is 2.84. The van der Waals surface area contributed by atoms with Crippen molar-refractivity contribution in [2.75, 3.05) is 7.11 Å². The normalized spacial score (nSPS) is 17.6. The Bertz CT molecular complexity index is 388. The lowest BCUT2D eigenvalue weighted by Crippen LogP contribution is -2.24. The van der Waals surface area contributed by atoms with Crippen molar-refractivity contribution in [3.8, 4) is 5.75 Å². The molecule has 0 aromatic heterocycles. The van der Waals surface area contributed by atoms with E-state index in [4.69, 9.17) is 33.7 Å². The summed E-state index contributed by atoms with van der Waals surface area (Å²) >= 11 is 12.1. The lowest BCUT2D eigenvalue weighted by Gasteiger charge is -2.13. The van der Waals surface area contributed by atoms with E-state index in [2.05, 4.69) is 0 Å². The molecule has 2 nitrogen and oxygen atoms in total. The van der Waals surface area contributed by atoms with E-state index in [0.29, 0.717) is 15.8 Å². The van der Waals surface area contributed by atoms with Crippen LogP contribution in [-0.4, -0.2) is 12.6 Å². The molecule has 1 aromatic rings. The molecule has 0 amide bonds. The molecule has 2 rings (SSSR count). The van der Waals surface area contributed by atoms with Crippen LogP contribution in [0.25, 0.3) is 0 Å². The second kappa shape index (κ2) is 3.85. The summed E-state index contributed by atoms with van der Waals surface area (Å²) in [6.07, 6.45) is 2.87. The van der Waals surface area contributed by atoms with Gasteiger partial charge in [-0.3, -0.25) is 0 Å². The molecule has 0 bridgehead atoms. The topological polar surface area (TPSA) is 35.2 Å². The first kappa shape index (κ1) is 11.1. The first-order chi connectivity index (χ1) is 7.04. The summed E-state index contributed by atoms with van der Waals surface area (Å²) in [7, 11) is 1.58. The van der Waals surface area contributed by atoms with E-state index in [9.17, 15) is 0 Å². The van der Waals surface area contributed by atoms with Crippen LogP contribution in [0.2, 0.25) is 10.0 Å². The van der Waals surface area contributed by atoms with Gasteiger partial charge in [-0.1, -0.05) is 23.2 Å². The number of hydrogen-bond donors (Lipinski definition) is 1. The Morgan fingerprint density at radius 1 is 1.40 bits per heavy atom. The maximum Gasteiger partial charge on any atom is 0.139 e.